The predicted octanol–water partition coefficient (Wildman–Crippen LogP) is 6.09. The molecule has 0 N–H and O–H groups in total. The van der Waals surface area contributed by atoms with E-state index in [1.54, 1.807) is 0 Å². The minimum Gasteiger partial charge on any atom is -0.299 e. The second-order valence-corrected chi connectivity index (χ2v) is 12.2. The number of ketones is 2. The zero-order chi connectivity index (χ0) is 19.7. The summed E-state index contributed by atoms with van der Waals surface area (Å²) in [5.74, 6) is 1.91. The van der Waals surface area contributed by atoms with Crippen LogP contribution >= 0.6 is 11.8 Å². The van der Waals surface area contributed by atoms with Crippen molar-refractivity contribution in [1.29, 1.82) is 0 Å². The molecule has 0 aliphatic heterocycles. The van der Waals surface area contributed by atoms with Crippen LogP contribution in [0, 0.1) is 29.1 Å². The maximum absolute atomic E-state index is 13.1. The van der Waals surface area contributed by atoms with Crippen LogP contribution < -0.4 is 0 Å². The van der Waals surface area contributed by atoms with E-state index in [0.29, 0.717) is 29.8 Å². The molecular weight excluding hydrogens is 340 g/mol. The summed E-state index contributed by atoms with van der Waals surface area (Å²) in [4.78, 5) is 25.6. The van der Waals surface area contributed by atoms with Crippen molar-refractivity contribution in [2.24, 2.45) is 29.1 Å². The molecule has 26 heavy (non-hydrogen) atoms. The number of rotatable bonds is 6. The third-order valence-corrected chi connectivity index (χ3v) is 7.98. The van der Waals surface area contributed by atoms with Crippen LogP contribution in [-0.4, -0.2) is 21.6 Å². The van der Waals surface area contributed by atoms with Crippen molar-refractivity contribution in [2.75, 3.05) is 0 Å². The molecule has 5 unspecified atom stereocenters. The summed E-state index contributed by atoms with van der Waals surface area (Å²) in [6.45, 7) is 15.4. The Bertz CT molecular complexity index is 561. The first-order valence-electron chi connectivity index (χ1n) is 10.3. The van der Waals surface area contributed by atoms with Gasteiger partial charge < -0.3 is 0 Å². The Hall–Kier alpha value is -0.570. The molecule has 0 saturated heterocycles. The highest BCUT2D eigenvalue weighted by molar-refractivity contribution is 8.01. The van der Waals surface area contributed by atoms with E-state index in [9.17, 15) is 9.59 Å². The molecule has 0 amide bonds. The summed E-state index contributed by atoms with van der Waals surface area (Å²) in [6.07, 6.45) is 8.89. The third-order valence-electron chi connectivity index (χ3n) is 6.52. The topological polar surface area (TPSA) is 34.1 Å². The smallest absolute Gasteiger partial charge is 0.138 e. The summed E-state index contributed by atoms with van der Waals surface area (Å²) in [6, 6.07) is 0. The van der Waals surface area contributed by atoms with Gasteiger partial charge in [-0.2, -0.15) is 11.8 Å². The molecule has 2 rings (SSSR count). The predicted molar refractivity (Wildman–Crippen MR) is 112 cm³/mol. The Morgan fingerprint density at radius 1 is 1.31 bits per heavy atom. The fourth-order valence-electron chi connectivity index (χ4n) is 5.25. The minimum atomic E-state index is -0.0927. The zero-order valence-corrected chi connectivity index (χ0v) is 18.6. The highest BCUT2D eigenvalue weighted by Gasteiger charge is 2.42. The number of hydrogen-bond acceptors (Lipinski definition) is 3. The summed E-state index contributed by atoms with van der Waals surface area (Å²) in [7, 11) is 0. The summed E-state index contributed by atoms with van der Waals surface area (Å²) in [5, 5.41) is 0.249. The van der Waals surface area contributed by atoms with Gasteiger partial charge in [0.1, 0.15) is 11.6 Å². The van der Waals surface area contributed by atoms with E-state index in [1.807, 2.05) is 11.8 Å². The molecule has 0 aromatic heterocycles. The Morgan fingerprint density at radius 3 is 2.54 bits per heavy atom. The number of Topliss-reactive ketones (excluding diaryl/α,β-unsaturated/α-hetero) is 2. The second kappa shape index (κ2) is 8.20. The van der Waals surface area contributed by atoms with Crippen molar-refractivity contribution in [3.8, 4) is 0 Å². The molecule has 3 heteroatoms. The molecule has 1 fully saturated rings. The first-order chi connectivity index (χ1) is 11.9. The van der Waals surface area contributed by atoms with Crippen LogP contribution in [0.2, 0.25) is 0 Å². The Balaban J connectivity index is 1.98. The fraction of sp³-hybridized carbons (Fsp3) is 0.826. The standard InChI is InChI=1S/C23H38O2S/c1-15-10-11-18(19(24)13-15)23(6,7)26-17(3)14-20(25)21-16(2)9-8-12-22(21,4)5/h8-9,15-18,21H,10-14H2,1-7H3. The molecule has 148 valence electrons. The van der Waals surface area contributed by atoms with Crippen LogP contribution in [0.3, 0.4) is 0 Å². The average Bonchev–Trinajstić information content (AvgIpc) is 2.44. The molecule has 2 aliphatic carbocycles. The Morgan fingerprint density at radius 2 is 1.96 bits per heavy atom. The maximum Gasteiger partial charge on any atom is 0.138 e. The molecule has 0 spiro atoms. The normalized spacial score (nSPS) is 33.1. The number of thioether (sulfide) groups is 1. The van der Waals surface area contributed by atoms with E-state index in [-0.39, 0.29) is 27.2 Å². The molecule has 5 atom stereocenters. The molecule has 0 bridgehead atoms. The molecule has 0 aromatic carbocycles. The van der Waals surface area contributed by atoms with Gasteiger partial charge in [0.15, 0.2) is 0 Å². The quantitative estimate of drug-likeness (QED) is 0.524. The van der Waals surface area contributed by atoms with Gasteiger partial charge in [0.2, 0.25) is 0 Å². The third kappa shape index (κ3) is 5.03. The maximum atomic E-state index is 13.1. The van der Waals surface area contributed by atoms with Gasteiger partial charge in [0, 0.05) is 34.7 Å². The van der Waals surface area contributed by atoms with Crippen molar-refractivity contribution in [1.82, 2.24) is 0 Å². The molecule has 2 aliphatic rings. The van der Waals surface area contributed by atoms with Crippen LogP contribution in [0.1, 0.15) is 80.6 Å². The van der Waals surface area contributed by atoms with Gasteiger partial charge in [-0.15, -0.1) is 0 Å². The van der Waals surface area contributed by atoms with Crippen LogP contribution in [0.5, 0.6) is 0 Å². The monoisotopic (exact) mass is 378 g/mol. The lowest BCUT2D eigenvalue weighted by atomic mass is 9.65. The van der Waals surface area contributed by atoms with E-state index in [2.05, 4.69) is 60.6 Å². The SMILES string of the molecule is CC1CCC(C(C)(C)SC(C)CC(=O)C2C(C)C=CCC2(C)C)C(=O)C1. The van der Waals surface area contributed by atoms with E-state index in [0.717, 1.165) is 25.7 Å². The summed E-state index contributed by atoms with van der Waals surface area (Å²) < 4.78 is -0.0927. The van der Waals surface area contributed by atoms with Crippen molar-refractivity contribution in [3.63, 3.8) is 0 Å². The largest absolute Gasteiger partial charge is 0.299 e. The van der Waals surface area contributed by atoms with Crippen molar-refractivity contribution in [3.05, 3.63) is 12.2 Å². The van der Waals surface area contributed by atoms with Gasteiger partial charge in [0.25, 0.3) is 0 Å². The van der Waals surface area contributed by atoms with Crippen molar-refractivity contribution < 1.29 is 9.59 Å². The number of allylic oxidation sites excluding steroid dienone is 2. The molecular formula is C23H38O2S. The van der Waals surface area contributed by atoms with Gasteiger partial charge in [0.05, 0.1) is 0 Å². The first-order valence-corrected chi connectivity index (χ1v) is 11.2. The van der Waals surface area contributed by atoms with E-state index in [1.165, 1.54) is 0 Å². The lowest BCUT2D eigenvalue weighted by Crippen LogP contribution is -2.40. The molecule has 0 heterocycles. The van der Waals surface area contributed by atoms with Crippen LogP contribution in [0.15, 0.2) is 12.2 Å². The second-order valence-electron chi connectivity index (χ2n) is 10.1. The fourth-order valence-corrected chi connectivity index (χ4v) is 6.95. The number of hydrogen-bond donors (Lipinski definition) is 0. The average molecular weight is 379 g/mol. The summed E-state index contributed by atoms with van der Waals surface area (Å²) >= 11 is 1.85. The number of carbonyl (C=O) groups excluding carboxylic acids is 2. The van der Waals surface area contributed by atoms with Crippen LogP contribution in [-0.2, 0) is 9.59 Å². The van der Waals surface area contributed by atoms with Crippen LogP contribution in [0.25, 0.3) is 0 Å². The van der Waals surface area contributed by atoms with E-state index < -0.39 is 0 Å². The Labute approximate surface area is 165 Å². The number of carbonyl (C=O) groups is 2. The molecule has 1 saturated carbocycles. The highest BCUT2D eigenvalue weighted by atomic mass is 32.2. The van der Waals surface area contributed by atoms with Gasteiger partial charge in [-0.25, -0.2) is 0 Å². The molecule has 2 nitrogen and oxygen atoms in total. The lowest BCUT2D eigenvalue weighted by molar-refractivity contribution is -0.128. The lowest BCUT2D eigenvalue weighted by Gasteiger charge is -2.40. The van der Waals surface area contributed by atoms with Crippen LogP contribution in [0.4, 0.5) is 0 Å². The molecule has 0 aromatic rings. The highest BCUT2D eigenvalue weighted by Crippen LogP contribution is 2.45. The minimum absolute atomic E-state index is 0.0423. The molecule has 0 radical (unpaired) electrons. The Kier molecular flexibility index (Phi) is 6.86. The summed E-state index contributed by atoms with van der Waals surface area (Å²) in [5.41, 5.74) is 0.0423. The van der Waals surface area contributed by atoms with Gasteiger partial charge in [-0.05, 0) is 50.4 Å². The zero-order valence-electron chi connectivity index (χ0n) is 17.8. The van der Waals surface area contributed by atoms with Gasteiger partial charge in [-0.1, -0.05) is 46.8 Å². The van der Waals surface area contributed by atoms with E-state index >= 15 is 0 Å². The van der Waals surface area contributed by atoms with Gasteiger partial charge >= 0.3 is 0 Å². The first kappa shape index (κ1) is 21.7. The van der Waals surface area contributed by atoms with E-state index in [4.69, 9.17) is 0 Å². The van der Waals surface area contributed by atoms with Gasteiger partial charge in [-0.3, -0.25) is 9.59 Å². The van der Waals surface area contributed by atoms with Crippen molar-refractivity contribution in [2.45, 2.75) is 90.6 Å². The van der Waals surface area contributed by atoms with Crippen molar-refractivity contribution >= 4 is 23.3 Å².